The topological polar surface area (TPSA) is 96.2 Å². The maximum Gasteiger partial charge on any atom is 0.337 e. The average molecular weight is 437 g/mol. The number of nitrogens with zero attached hydrogens (tertiary/aromatic N) is 3. The van der Waals surface area contributed by atoms with Gasteiger partial charge in [-0.2, -0.15) is 0 Å². The van der Waals surface area contributed by atoms with Crippen LogP contribution in [0.4, 0.5) is 11.5 Å². The monoisotopic (exact) mass is 436 g/mol. The molecular formula is C24H28N4O4. The summed E-state index contributed by atoms with van der Waals surface area (Å²) >= 11 is 0. The Morgan fingerprint density at radius 3 is 2.62 bits per heavy atom. The van der Waals surface area contributed by atoms with Gasteiger partial charge in [-0.05, 0) is 56.9 Å². The maximum absolute atomic E-state index is 12.9. The highest BCUT2D eigenvalue weighted by molar-refractivity contribution is 5.94. The number of hydrogen-bond acceptors (Lipinski definition) is 6. The molecule has 0 spiro atoms. The van der Waals surface area contributed by atoms with Crippen molar-refractivity contribution in [3.8, 4) is 5.75 Å². The van der Waals surface area contributed by atoms with Crippen molar-refractivity contribution in [2.45, 2.75) is 39.2 Å². The standard InChI is InChI=1S/C24H28N4O4/c1-15-11-19(16(2)25-20-12-17(32-3)7-8-18(20)24(30)31)23-26-21(13-22(29)28(23)14-15)27-9-5-4-6-10-27/h7-8,11-14,16,25H,4-6,9-10H2,1-3H3,(H,30,31). The van der Waals surface area contributed by atoms with Crippen LogP contribution in [0.3, 0.4) is 0 Å². The molecule has 0 amide bonds. The zero-order valence-corrected chi connectivity index (χ0v) is 18.6. The number of fused-ring (bicyclic) bond motifs is 1. The number of aromatic carboxylic acids is 1. The molecule has 1 fully saturated rings. The number of benzene rings is 1. The van der Waals surface area contributed by atoms with Crippen molar-refractivity contribution >= 4 is 23.1 Å². The lowest BCUT2D eigenvalue weighted by Gasteiger charge is -2.28. The van der Waals surface area contributed by atoms with E-state index in [4.69, 9.17) is 9.72 Å². The number of carbonyl (C=O) groups is 1. The fourth-order valence-electron chi connectivity index (χ4n) is 4.23. The van der Waals surface area contributed by atoms with Crippen LogP contribution < -0.4 is 20.5 Å². The van der Waals surface area contributed by atoms with Gasteiger partial charge in [0.15, 0.2) is 0 Å². The number of piperidine rings is 1. The Morgan fingerprint density at radius 1 is 1.19 bits per heavy atom. The van der Waals surface area contributed by atoms with Crippen molar-refractivity contribution in [2.75, 3.05) is 30.4 Å². The number of anilines is 2. The molecule has 2 N–H and O–H groups in total. The van der Waals surface area contributed by atoms with Gasteiger partial charge >= 0.3 is 5.97 Å². The molecule has 1 aliphatic heterocycles. The molecular weight excluding hydrogens is 408 g/mol. The van der Waals surface area contributed by atoms with Gasteiger partial charge < -0.3 is 20.1 Å². The van der Waals surface area contributed by atoms with Gasteiger partial charge in [-0.15, -0.1) is 0 Å². The first-order chi connectivity index (χ1) is 15.4. The molecule has 0 saturated carbocycles. The van der Waals surface area contributed by atoms with Gasteiger partial charge in [0.2, 0.25) is 0 Å². The number of aromatic nitrogens is 2. The van der Waals surface area contributed by atoms with Crippen LogP contribution in [0, 0.1) is 6.92 Å². The van der Waals surface area contributed by atoms with Gasteiger partial charge in [-0.3, -0.25) is 9.20 Å². The van der Waals surface area contributed by atoms with E-state index in [1.165, 1.54) is 19.6 Å². The Bertz CT molecular complexity index is 1210. The van der Waals surface area contributed by atoms with Crippen molar-refractivity contribution in [3.05, 3.63) is 63.6 Å². The summed E-state index contributed by atoms with van der Waals surface area (Å²) in [5.74, 6) is 0.221. The fourth-order valence-corrected chi connectivity index (χ4v) is 4.23. The molecule has 1 aromatic carbocycles. The molecule has 168 valence electrons. The smallest absolute Gasteiger partial charge is 0.337 e. The Kier molecular flexibility index (Phi) is 6.03. The Labute approximate surface area is 186 Å². The number of carboxylic acids is 1. The molecule has 3 aromatic rings. The molecule has 0 aliphatic carbocycles. The zero-order chi connectivity index (χ0) is 22.8. The second-order valence-electron chi connectivity index (χ2n) is 8.25. The van der Waals surface area contributed by atoms with E-state index < -0.39 is 5.97 Å². The lowest BCUT2D eigenvalue weighted by Crippen LogP contribution is -2.32. The average Bonchev–Trinajstić information content (AvgIpc) is 2.79. The minimum Gasteiger partial charge on any atom is -0.497 e. The van der Waals surface area contributed by atoms with E-state index in [1.54, 1.807) is 28.8 Å². The summed E-state index contributed by atoms with van der Waals surface area (Å²) in [6.07, 6.45) is 5.16. The van der Waals surface area contributed by atoms with Crippen LogP contribution in [0.15, 0.2) is 41.3 Å². The van der Waals surface area contributed by atoms with Gasteiger partial charge in [0.1, 0.15) is 17.2 Å². The molecule has 3 heterocycles. The second-order valence-corrected chi connectivity index (χ2v) is 8.25. The molecule has 1 unspecified atom stereocenters. The van der Waals surface area contributed by atoms with Crippen LogP contribution in [-0.4, -0.2) is 40.7 Å². The molecule has 32 heavy (non-hydrogen) atoms. The summed E-state index contributed by atoms with van der Waals surface area (Å²) in [6, 6.07) is 8.08. The molecule has 8 heteroatoms. The summed E-state index contributed by atoms with van der Waals surface area (Å²) in [7, 11) is 1.54. The molecule has 4 rings (SSSR count). The summed E-state index contributed by atoms with van der Waals surface area (Å²) < 4.78 is 6.84. The number of aryl methyl sites for hydroxylation is 1. The zero-order valence-electron chi connectivity index (χ0n) is 18.6. The number of carboxylic acid groups (broad SMARTS) is 1. The van der Waals surface area contributed by atoms with Crippen LogP contribution in [0.5, 0.6) is 5.75 Å². The van der Waals surface area contributed by atoms with E-state index >= 15 is 0 Å². The Hall–Kier alpha value is -3.55. The molecule has 2 aromatic heterocycles. The predicted molar refractivity (Wildman–Crippen MR) is 124 cm³/mol. The normalized spacial score (nSPS) is 14.9. The van der Waals surface area contributed by atoms with Crippen LogP contribution in [0.1, 0.15) is 53.7 Å². The summed E-state index contributed by atoms with van der Waals surface area (Å²) in [4.78, 5) is 31.7. The number of methoxy groups -OCH3 is 1. The quantitative estimate of drug-likeness (QED) is 0.605. The Morgan fingerprint density at radius 2 is 1.94 bits per heavy atom. The molecule has 0 bridgehead atoms. The highest BCUT2D eigenvalue weighted by Crippen LogP contribution is 2.29. The van der Waals surface area contributed by atoms with E-state index in [0.29, 0.717) is 22.9 Å². The van der Waals surface area contributed by atoms with Crippen molar-refractivity contribution in [1.82, 2.24) is 9.38 Å². The third-order valence-corrected chi connectivity index (χ3v) is 5.89. The summed E-state index contributed by atoms with van der Waals surface area (Å²) in [5.41, 5.74) is 2.77. The molecule has 1 saturated heterocycles. The van der Waals surface area contributed by atoms with Crippen LogP contribution in [0.25, 0.3) is 5.65 Å². The number of ether oxygens (including phenoxy) is 1. The van der Waals surface area contributed by atoms with Crippen LogP contribution in [-0.2, 0) is 0 Å². The number of pyridine rings is 1. The second kappa shape index (κ2) is 8.90. The van der Waals surface area contributed by atoms with E-state index in [9.17, 15) is 14.7 Å². The summed E-state index contributed by atoms with van der Waals surface area (Å²) in [6.45, 7) is 5.64. The number of hydrogen-bond donors (Lipinski definition) is 2. The van der Waals surface area contributed by atoms with Crippen molar-refractivity contribution in [3.63, 3.8) is 0 Å². The fraction of sp³-hybridized carbons (Fsp3) is 0.375. The van der Waals surface area contributed by atoms with E-state index in [0.717, 1.165) is 37.1 Å². The van der Waals surface area contributed by atoms with Crippen LogP contribution in [0.2, 0.25) is 0 Å². The van der Waals surface area contributed by atoms with Gasteiger partial charge in [0, 0.05) is 37.0 Å². The lowest BCUT2D eigenvalue weighted by molar-refractivity contribution is 0.0698. The van der Waals surface area contributed by atoms with Crippen LogP contribution >= 0.6 is 0 Å². The highest BCUT2D eigenvalue weighted by Gasteiger charge is 2.20. The van der Waals surface area contributed by atoms with Gasteiger partial charge in [0.05, 0.1) is 24.4 Å². The van der Waals surface area contributed by atoms with E-state index in [1.807, 2.05) is 19.9 Å². The SMILES string of the molecule is COc1ccc(C(=O)O)c(NC(C)c2cc(C)cn3c(=O)cc(N4CCCCC4)nc23)c1. The van der Waals surface area contributed by atoms with E-state index in [2.05, 4.69) is 10.2 Å². The first-order valence-electron chi connectivity index (χ1n) is 10.8. The predicted octanol–water partition coefficient (Wildman–Crippen LogP) is 3.87. The maximum atomic E-state index is 12.9. The Balaban J connectivity index is 1.79. The first kappa shape index (κ1) is 21.7. The highest BCUT2D eigenvalue weighted by atomic mass is 16.5. The van der Waals surface area contributed by atoms with E-state index in [-0.39, 0.29) is 17.2 Å². The minimum atomic E-state index is -1.03. The third kappa shape index (κ3) is 4.26. The molecule has 1 atom stereocenters. The third-order valence-electron chi connectivity index (χ3n) is 5.89. The molecule has 8 nitrogen and oxygen atoms in total. The molecule has 0 radical (unpaired) electrons. The first-order valence-corrected chi connectivity index (χ1v) is 10.8. The van der Waals surface area contributed by atoms with Crippen molar-refractivity contribution in [1.29, 1.82) is 0 Å². The molecule has 1 aliphatic rings. The van der Waals surface area contributed by atoms with Gasteiger partial charge in [0.25, 0.3) is 5.56 Å². The number of nitrogens with one attached hydrogen (secondary N) is 1. The van der Waals surface area contributed by atoms with Crippen molar-refractivity contribution in [2.24, 2.45) is 0 Å². The lowest BCUT2D eigenvalue weighted by atomic mass is 10.1. The van der Waals surface area contributed by atoms with Gasteiger partial charge in [-0.1, -0.05) is 0 Å². The minimum absolute atomic E-state index is 0.125. The summed E-state index contributed by atoms with van der Waals surface area (Å²) in [5, 5.41) is 12.9. The number of rotatable bonds is 6. The van der Waals surface area contributed by atoms with Gasteiger partial charge in [-0.25, -0.2) is 9.78 Å². The largest absolute Gasteiger partial charge is 0.497 e. The van der Waals surface area contributed by atoms with Crippen molar-refractivity contribution < 1.29 is 14.6 Å².